The summed E-state index contributed by atoms with van der Waals surface area (Å²) in [5, 5.41) is 12.3. The van der Waals surface area contributed by atoms with Crippen molar-refractivity contribution in [1.82, 2.24) is 20.2 Å². The smallest absolute Gasteiger partial charge is 0.269 e. The molecule has 7 heteroatoms. The van der Waals surface area contributed by atoms with Crippen molar-refractivity contribution in [2.45, 2.75) is 25.3 Å². The van der Waals surface area contributed by atoms with Gasteiger partial charge in [-0.3, -0.25) is 4.79 Å². The molecule has 106 valence electrons. The Morgan fingerprint density at radius 1 is 1.29 bits per heavy atom. The Morgan fingerprint density at radius 2 is 2.19 bits per heavy atom. The Balaban J connectivity index is 1.90. The molecule has 2 aromatic rings. The number of nitrogens with zero attached hydrogens (tertiary/aromatic N) is 5. The summed E-state index contributed by atoms with van der Waals surface area (Å²) < 4.78 is 1.63. The van der Waals surface area contributed by atoms with Crippen molar-refractivity contribution < 1.29 is 4.79 Å². The highest BCUT2D eigenvalue weighted by molar-refractivity contribution is 6.30. The number of aliphatic imine (C=N–C) groups is 1. The van der Waals surface area contributed by atoms with Crippen LogP contribution in [0.3, 0.4) is 0 Å². The number of fused-ring (bicyclic) bond motifs is 2. The van der Waals surface area contributed by atoms with Gasteiger partial charge in [0.15, 0.2) is 0 Å². The first-order valence-corrected chi connectivity index (χ1v) is 7.25. The van der Waals surface area contributed by atoms with Gasteiger partial charge in [-0.1, -0.05) is 28.8 Å². The second kappa shape index (κ2) is 4.73. The van der Waals surface area contributed by atoms with Gasteiger partial charge in [0.25, 0.3) is 5.95 Å². The van der Waals surface area contributed by atoms with Gasteiger partial charge in [-0.15, -0.1) is 0 Å². The molecule has 0 N–H and O–H groups in total. The molecule has 2 atom stereocenters. The maximum Gasteiger partial charge on any atom is 0.269 e. The summed E-state index contributed by atoms with van der Waals surface area (Å²) in [4.78, 5) is 16.9. The molecule has 0 saturated heterocycles. The highest BCUT2D eigenvalue weighted by atomic mass is 35.5. The van der Waals surface area contributed by atoms with Gasteiger partial charge in [0.2, 0.25) is 0 Å². The van der Waals surface area contributed by atoms with Gasteiger partial charge in [0.1, 0.15) is 5.78 Å². The summed E-state index contributed by atoms with van der Waals surface area (Å²) in [5.41, 5.74) is 1.82. The van der Waals surface area contributed by atoms with Gasteiger partial charge in [0.05, 0.1) is 12.0 Å². The Morgan fingerprint density at radius 3 is 3.05 bits per heavy atom. The van der Waals surface area contributed by atoms with Crippen LogP contribution in [0.15, 0.2) is 29.3 Å². The van der Waals surface area contributed by atoms with E-state index in [-0.39, 0.29) is 17.7 Å². The molecular weight excluding hydrogens is 290 g/mol. The summed E-state index contributed by atoms with van der Waals surface area (Å²) in [7, 11) is 0. The molecule has 6 nitrogen and oxygen atoms in total. The lowest BCUT2D eigenvalue weighted by Gasteiger charge is -2.33. The van der Waals surface area contributed by atoms with Gasteiger partial charge in [-0.05, 0) is 41.0 Å². The second-order valence-electron chi connectivity index (χ2n) is 5.32. The van der Waals surface area contributed by atoms with Crippen LogP contribution in [0.5, 0.6) is 0 Å². The number of hydrogen-bond acceptors (Lipinski definition) is 5. The predicted octanol–water partition coefficient (Wildman–Crippen LogP) is 2.37. The fourth-order valence-electron chi connectivity index (χ4n) is 3.16. The number of carbonyl (C=O) groups is 1. The number of benzene rings is 1. The lowest BCUT2D eigenvalue weighted by atomic mass is 9.78. The van der Waals surface area contributed by atoms with Crippen molar-refractivity contribution in [3.8, 4) is 0 Å². The number of aromatic nitrogens is 4. The van der Waals surface area contributed by atoms with Gasteiger partial charge in [-0.25, -0.2) is 9.67 Å². The van der Waals surface area contributed by atoms with E-state index in [1.165, 1.54) is 0 Å². The number of rotatable bonds is 1. The van der Waals surface area contributed by atoms with Crippen molar-refractivity contribution in [2.75, 3.05) is 0 Å². The number of ketones is 1. The third-order valence-electron chi connectivity index (χ3n) is 4.05. The minimum Gasteiger partial charge on any atom is -0.299 e. The monoisotopic (exact) mass is 301 g/mol. The Bertz CT molecular complexity index is 753. The van der Waals surface area contributed by atoms with Gasteiger partial charge < -0.3 is 0 Å². The molecule has 0 spiro atoms. The second-order valence-corrected chi connectivity index (χ2v) is 5.76. The quantitative estimate of drug-likeness (QED) is 0.810. The Hall–Kier alpha value is -2.08. The van der Waals surface area contributed by atoms with Gasteiger partial charge in [-0.2, -0.15) is 0 Å². The molecule has 1 fully saturated rings. The van der Waals surface area contributed by atoms with Crippen LogP contribution in [0.25, 0.3) is 0 Å². The lowest BCUT2D eigenvalue weighted by Crippen LogP contribution is -2.39. The van der Waals surface area contributed by atoms with E-state index in [1.807, 2.05) is 24.3 Å². The van der Waals surface area contributed by atoms with Crippen molar-refractivity contribution in [3.05, 3.63) is 34.9 Å². The van der Waals surface area contributed by atoms with E-state index < -0.39 is 0 Å². The SMILES string of the molecule is O=C1CCCC2=Nc3nnnn3C(c3cccc(Cl)c3)C12. The minimum absolute atomic E-state index is 0.200. The number of halogens is 1. The average Bonchev–Trinajstić information content (AvgIpc) is 2.93. The molecule has 2 aliphatic rings. The zero-order valence-electron chi connectivity index (χ0n) is 11.1. The first-order chi connectivity index (χ1) is 10.2. The third kappa shape index (κ3) is 1.98. The molecule has 21 heavy (non-hydrogen) atoms. The molecule has 1 aromatic heterocycles. The van der Waals surface area contributed by atoms with E-state index >= 15 is 0 Å². The average molecular weight is 302 g/mol. The normalized spacial score (nSPS) is 24.2. The molecule has 2 unspecified atom stereocenters. The Labute approximate surface area is 125 Å². The van der Waals surface area contributed by atoms with E-state index in [1.54, 1.807) is 4.68 Å². The molecule has 1 aliphatic carbocycles. The van der Waals surface area contributed by atoms with Crippen LogP contribution in [-0.2, 0) is 4.79 Å². The van der Waals surface area contributed by atoms with Crippen LogP contribution < -0.4 is 0 Å². The summed E-state index contributed by atoms with van der Waals surface area (Å²) in [5.74, 6) is 0.375. The van der Waals surface area contributed by atoms with E-state index in [2.05, 4.69) is 20.5 Å². The summed E-state index contributed by atoms with van der Waals surface area (Å²) in [6.07, 6.45) is 2.25. The van der Waals surface area contributed by atoms with E-state index in [4.69, 9.17) is 11.6 Å². The van der Waals surface area contributed by atoms with E-state index in [0.717, 1.165) is 24.1 Å². The fourth-order valence-corrected chi connectivity index (χ4v) is 3.36. The minimum atomic E-state index is -0.284. The third-order valence-corrected chi connectivity index (χ3v) is 4.29. The van der Waals surface area contributed by atoms with Crippen LogP contribution >= 0.6 is 11.6 Å². The van der Waals surface area contributed by atoms with Gasteiger partial charge >= 0.3 is 0 Å². The Kier molecular flexibility index (Phi) is 2.85. The van der Waals surface area contributed by atoms with Gasteiger partial charge in [0, 0.05) is 17.2 Å². The first kappa shape index (κ1) is 12.6. The molecule has 2 heterocycles. The van der Waals surface area contributed by atoms with Crippen LogP contribution in [0.1, 0.15) is 30.9 Å². The molecule has 1 aromatic carbocycles. The van der Waals surface area contributed by atoms with Crippen molar-refractivity contribution in [3.63, 3.8) is 0 Å². The highest BCUT2D eigenvalue weighted by Gasteiger charge is 2.41. The van der Waals surface area contributed by atoms with Crippen molar-refractivity contribution in [1.29, 1.82) is 0 Å². The van der Waals surface area contributed by atoms with Crippen molar-refractivity contribution in [2.24, 2.45) is 10.9 Å². The molecule has 1 saturated carbocycles. The zero-order chi connectivity index (χ0) is 14.4. The first-order valence-electron chi connectivity index (χ1n) is 6.87. The largest absolute Gasteiger partial charge is 0.299 e. The zero-order valence-corrected chi connectivity index (χ0v) is 11.9. The summed E-state index contributed by atoms with van der Waals surface area (Å²) in [6.45, 7) is 0. The maximum atomic E-state index is 12.4. The van der Waals surface area contributed by atoms with E-state index in [9.17, 15) is 4.79 Å². The number of hydrogen-bond donors (Lipinski definition) is 0. The van der Waals surface area contributed by atoms with Crippen molar-refractivity contribution >= 4 is 29.0 Å². The van der Waals surface area contributed by atoms with Crippen LogP contribution in [0, 0.1) is 5.92 Å². The molecule has 1 aliphatic heterocycles. The summed E-state index contributed by atoms with van der Waals surface area (Å²) >= 11 is 6.10. The number of tetrazole rings is 1. The number of carbonyl (C=O) groups excluding carboxylic acids is 1. The molecule has 0 bridgehead atoms. The topological polar surface area (TPSA) is 73.0 Å². The highest BCUT2D eigenvalue weighted by Crippen LogP contribution is 2.39. The van der Waals surface area contributed by atoms with Crippen LogP contribution in [-0.4, -0.2) is 31.7 Å². The summed E-state index contributed by atoms with van der Waals surface area (Å²) in [6, 6.07) is 7.25. The molecular formula is C14H12ClN5O. The standard InChI is InChI=1S/C14H12ClN5O/c15-9-4-1-3-8(7-9)13-12-10(5-2-6-11(12)21)16-14-17-18-19-20(13)14/h1,3-4,7,12-13H,2,5-6H2. The molecule has 0 radical (unpaired) electrons. The fraction of sp³-hybridized carbons (Fsp3) is 0.357. The predicted molar refractivity (Wildman–Crippen MR) is 76.9 cm³/mol. The lowest BCUT2D eigenvalue weighted by molar-refractivity contribution is -0.122. The molecule has 4 rings (SSSR count). The maximum absolute atomic E-state index is 12.4. The number of Topliss-reactive ketones (excluding diaryl/α,β-unsaturated/α-hetero) is 1. The van der Waals surface area contributed by atoms with Crippen LogP contribution in [0.4, 0.5) is 5.95 Å². The van der Waals surface area contributed by atoms with E-state index in [0.29, 0.717) is 17.4 Å². The molecule has 0 amide bonds. The van der Waals surface area contributed by atoms with Crippen LogP contribution in [0.2, 0.25) is 5.02 Å².